The molecule has 1 heterocycles. The number of nitrogens with zero attached hydrogens (tertiary/aromatic N) is 1. The zero-order chi connectivity index (χ0) is 12.6. The zero-order valence-corrected chi connectivity index (χ0v) is 10.8. The van der Waals surface area contributed by atoms with Crippen molar-refractivity contribution in [1.29, 1.82) is 0 Å². The van der Waals surface area contributed by atoms with Crippen LogP contribution in [0.3, 0.4) is 0 Å². The second-order valence-electron chi connectivity index (χ2n) is 6.04. The summed E-state index contributed by atoms with van der Waals surface area (Å²) in [6.07, 6.45) is 1.17. The fourth-order valence-corrected chi connectivity index (χ4v) is 2.48. The maximum Gasteiger partial charge on any atom is 0.127 e. The molecule has 1 aliphatic heterocycles. The summed E-state index contributed by atoms with van der Waals surface area (Å²) in [6.45, 7) is 8.78. The molecule has 0 saturated carbocycles. The van der Waals surface area contributed by atoms with Gasteiger partial charge in [0.1, 0.15) is 5.82 Å². The molecule has 0 radical (unpaired) electrons. The van der Waals surface area contributed by atoms with Crippen LogP contribution in [-0.4, -0.2) is 13.1 Å². The first kappa shape index (κ1) is 12.2. The van der Waals surface area contributed by atoms with Gasteiger partial charge in [0.2, 0.25) is 0 Å². The molecule has 3 heteroatoms. The minimum atomic E-state index is -0.251. The van der Waals surface area contributed by atoms with E-state index in [-0.39, 0.29) is 5.82 Å². The third-order valence-corrected chi connectivity index (χ3v) is 3.68. The van der Waals surface area contributed by atoms with Crippen molar-refractivity contribution in [2.45, 2.75) is 27.2 Å². The summed E-state index contributed by atoms with van der Waals surface area (Å²) < 4.78 is 13.3. The highest BCUT2D eigenvalue weighted by Crippen LogP contribution is 2.36. The van der Waals surface area contributed by atoms with E-state index in [1.54, 1.807) is 6.07 Å². The number of anilines is 2. The SMILES string of the molecule is CC(C)(C)C1CCN(c2cc(N)cc(F)c2)C1. The monoisotopic (exact) mass is 236 g/mol. The molecule has 2 rings (SSSR count). The topological polar surface area (TPSA) is 29.3 Å². The lowest BCUT2D eigenvalue weighted by atomic mass is 9.80. The van der Waals surface area contributed by atoms with E-state index in [2.05, 4.69) is 25.7 Å². The molecule has 1 unspecified atom stereocenters. The third kappa shape index (κ3) is 2.71. The Kier molecular flexibility index (Phi) is 3.02. The summed E-state index contributed by atoms with van der Waals surface area (Å²) in [5.41, 5.74) is 7.40. The molecule has 1 aromatic rings. The van der Waals surface area contributed by atoms with Crippen molar-refractivity contribution < 1.29 is 4.39 Å². The van der Waals surface area contributed by atoms with Gasteiger partial charge < -0.3 is 10.6 Å². The van der Waals surface area contributed by atoms with Gasteiger partial charge in [-0.3, -0.25) is 0 Å². The Morgan fingerprint density at radius 3 is 2.53 bits per heavy atom. The lowest BCUT2D eigenvalue weighted by Crippen LogP contribution is -2.25. The Bertz CT molecular complexity index is 389. The molecular formula is C14H21FN2. The molecule has 1 aromatic carbocycles. The van der Waals surface area contributed by atoms with Gasteiger partial charge in [-0.1, -0.05) is 20.8 Å². The fraction of sp³-hybridized carbons (Fsp3) is 0.571. The number of hydrogen-bond donors (Lipinski definition) is 1. The van der Waals surface area contributed by atoms with Crippen LogP contribution in [-0.2, 0) is 0 Å². The molecule has 2 nitrogen and oxygen atoms in total. The van der Waals surface area contributed by atoms with Crippen LogP contribution in [0.1, 0.15) is 27.2 Å². The van der Waals surface area contributed by atoms with Crippen molar-refractivity contribution in [3.05, 3.63) is 24.0 Å². The van der Waals surface area contributed by atoms with Crippen molar-refractivity contribution in [3.63, 3.8) is 0 Å². The number of rotatable bonds is 1. The maximum absolute atomic E-state index is 13.3. The van der Waals surface area contributed by atoms with Crippen LogP contribution in [0.15, 0.2) is 18.2 Å². The van der Waals surface area contributed by atoms with Crippen LogP contribution in [0.2, 0.25) is 0 Å². The number of nitrogen functional groups attached to an aromatic ring is 1. The quantitative estimate of drug-likeness (QED) is 0.758. The molecule has 1 fully saturated rings. The van der Waals surface area contributed by atoms with Gasteiger partial charge in [0.05, 0.1) is 0 Å². The second kappa shape index (κ2) is 4.21. The smallest absolute Gasteiger partial charge is 0.127 e. The highest BCUT2D eigenvalue weighted by atomic mass is 19.1. The molecule has 0 spiro atoms. The van der Waals surface area contributed by atoms with Gasteiger partial charge in [-0.25, -0.2) is 4.39 Å². The number of nitrogens with two attached hydrogens (primary N) is 1. The Morgan fingerprint density at radius 1 is 1.29 bits per heavy atom. The Labute approximate surface area is 103 Å². The van der Waals surface area contributed by atoms with Gasteiger partial charge in [-0.2, -0.15) is 0 Å². The van der Waals surface area contributed by atoms with Crippen molar-refractivity contribution in [1.82, 2.24) is 0 Å². The molecule has 0 aliphatic carbocycles. The molecule has 0 amide bonds. The standard InChI is InChI=1S/C14H21FN2/c1-14(2,3)10-4-5-17(9-10)13-7-11(15)6-12(16)8-13/h6-8,10H,4-5,9,16H2,1-3H3. The summed E-state index contributed by atoms with van der Waals surface area (Å²) in [5.74, 6) is 0.409. The lowest BCUT2D eigenvalue weighted by Gasteiger charge is -2.27. The van der Waals surface area contributed by atoms with Crippen LogP contribution in [0, 0.1) is 17.2 Å². The van der Waals surface area contributed by atoms with Gasteiger partial charge in [0, 0.05) is 24.5 Å². The average molecular weight is 236 g/mol. The van der Waals surface area contributed by atoms with Crippen LogP contribution >= 0.6 is 0 Å². The van der Waals surface area contributed by atoms with E-state index in [0.29, 0.717) is 17.0 Å². The van der Waals surface area contributed by atoms with Gasteiger partial charge >= 0.3 is 0 Å². The van der Waals surface area contributed by atoms with Crippen molar-refractivity contribution in [2.24, 2.45) is 11.3 Å². The normalized spacial score (nSPS) is 20.9. The van der Waals surface area contributed by atoms with Crippen LogP contribution in [0.5, 0.6) is 0 Å². The minimum absolute atomic E-state index is 0.251. The van der Waals surface area contributed by atoms with Crippen LogP contribution < -0.4 is 10.6 Å². The number of hydrogen-bond acceptors (Lipinski definition) is 2. The van der Waals surface area contributed by atoms with Crippen molar-refractivity contribution in [3.8, 4) is 0 Å². The number of benzene rings is 1. The Hall–Kier alpha value is -1.25. The highest BCUT2D eigenvalue weighted by Gasteiger charge is 2.31. The van der Waals surface area contributed by atoms with E-state index >= 15 is 0 Å². The van der Waals surface area contributed by atoms with Gasteiger partial charge in [0.15, 0.2) is 0 Å². The van der Waals surface area contributed by atoms with E-state index in [0.717, 1.165) is 18.8 Å². The largest absolute Gasteiger partial charge is 0.399 e. The molecule has 1 saturated heterocycles. The van der Waals surface area contributed by atoms with E-state index in [9.17, 15) is 4.39 Å². The van der Waals surface area contributed by atoms with E-state index in [1.165, 1.54) is 12.5 Å². The molecular weight excluding hydrogens is 215 g/mol. The fourth-order valence-electron chi connectivity index (χ4n) is 2.48. The predicted molar refractivity (Wildman–Crippen MR) is 70.6 cm³/mol. The first-order chi connectivity index (χ1) is 7.86. The molecule has 0 bridgehead atoms. The number of halogens is 1. The second-order valence-corrected chi connectivity index (χ2v) is 6.04. The first-order valence-electron chi connectivity index (χ1n) is 6.17. The van der Waals surface area contributed by atoms with Gasteiger partial charge in [-0.15, -0.1) is 0 Å². The van der Waals surface area contributed by atoms with Crippen molar-refractivity contribution >= 4 is 11.4 Å². The summed E-state index contributed by atoms with van der Waals surface area (Å²) in [5, 5.41) is 0. The summed E-state index contributed by atoms with van der Waals surface area (Å²) >= 11 is 0. The summed E-state index contributed by atoms with van der Waals surface area (Å²) in [6, 6.07) is 4.79. The Morgan fingerprint density at radius 2 is 2.00 bits per heavy atom. The highest BCUT2D eigenvalue weighted by molar-refractivity contribution is 5.57. The Balaban J connectivity index is 2.15. The predicted octanol–water partition coefficient (Wildman–Crippen LogP) is 3.28. The van der Waals surface area contributed by atoms with Crippen molar-refractivity contribution in [2.75, 3.05) is 23.7 Å². The lowest BCUT2D eigenvalue weighted by molar-refractivity contribution is 0.263. The molecule has 1 atom stereocenters. The van der Waals surface area contributed by atoms with Crippen LogP contribution in [0.4, 0.5) is 15.8 Å². The van der Waals surface area contributed by atoms with Gasteiger partial charge in [0.25, 0.3) is 0 Å². The summed E-state index contributed by atoms with van der Waals surface area (Å²) in [4.78, 5) is 2.23. The molecule has 2 N–H and O–H groups in total. The summed E-state index contributed by atoms with van der Waals surface area (Å²) in [7, 11) is 0. The van der Waals surface area contributed by atoms with E-state index < -0.39 is 0 Å². The van der Waals surface area contributed by atoms with Gasteiger partial charge in [-0.05, 0) is 36.0 Å². The molecule has 94 valence electrons. The first-order valence-corrected chi connectivity index (χ1v) is 6.17. The molecule has 1 aliphatic rings. The van der Waals surface area contributed by atoms with E-state index in [4.69, 9.17) is 5.73 Å². The minimum Gasteiger partial charge on any atom is -0.399 e. The molecule has 17 heavy (non-hydrogen) atoms. The maximum atomic E-state index is 13.3. The van der Waals surface area contributed by atoms with E-state index in [1.807, 2.05) is 6.07 Å². The third-order valence-electron chi connectivity index (χ3n) is 3.68. The van der Waals surface area contributed by atoms with Crippen LogP contribution in [0.25, 0.3) is 0 Å². The zero-order valence-electron chi connectivity index (χ0n) is 10.8. The average Bonchev–Trinajstić information content (AvgIpc) is 2.63. The molecule has 0 aromatic heterocycles.